The average molecular weight is 288 g/mol. The lowest BCUT2D eigenvalue weighted by molar-refractivity contribution is -0.385. The summed E-state index contributed by atoms with van der Waals surface area (Å²) in [5.74, 6) is 0.446. The number of benzene rings is 1. The molecule has 0 fully saturated rings. The number of methoxy groups -OCH3 is 1. The number of nitro benzene ring substituents is 1. The lowest BCUT2D eigenvalue weighted by Gasteiger charge is -2.07. The Bertz CT molecular complexity index is 672. The topological polar surface area (TPSA) is 91.6 Å². The third kappa shape index (κ3) is 3.53. The molecule has 0 N–H and O–H groups in total. The summed E-state index contributed by atoms with van der Waals surface area (Å²) in [7, 11) is 1.49. The first-order chi connectivity index (χ1) is 10.1. The summed E-state index contributed by atoms with van der Waals surface area (Å²) in [6.45, 7) is 0.0281. The molecule has 0 amide bonds. The van der Waals surface area contributed by atoms with Crippen LogP contribution in [0.3, 0.4) is 0 Å². The molecule has 0 unspecified atom stereocenters. The van der Waals surface area contributed by atoms with Gasteiger partial charge in [0.05, 0.1) is 17.7 Å². The smallest absolute Gasteiger partial charge is 0.310 e. The van der Waals surface area contributed by atoms with E-state index in [1.165, 1.54) is 25.3 Å². The summed E-state index contributed by atoms with van der Waals surface area (Å²) in [5, 5.41) is 10.9. The molecule has 0 bridgehead atoms. The molecule has 2 rings (SSSR count). The number of hydrogen-bond acceptors (Lipinski definition) is 6. The molecule has 0 aliphatic carbocycles. The standard InChI is InChI=1S/C14H12N2O5/c1-20-14-4-2-3-11(15-14)9-21-13-7-10(8-17)5-6-12(13)16(18)19/h2-8H,9H2,1H3. The van der Waals surface area contributed by atoms with E-state index >= 15 is 0 Å². The lowest BCUT2D eigenvalue weighted by Crippen LogP contribution is -2.02. The van der Waals surface area contributed by atoms with Gasteiger partial charge in [0.15, 0.2) is 5.75 Å². The van der Waals surface area contributed by atoms with Crippen molar-refractivity contribution in [2.45, 2.75) is 6.61 Å². The van der Waals surface area contributed by atoms with Crippen LogP contribution in [0.5, 0.6) is 11.6 Å². The summed E-state index contributed by atoms with van der Waals surface area (Å²) in [6, 6.07) is 9.04. The molecule has 1 aromatic heterocycles. The van der Waals surface area contributed by atoms with Crippen molar-refractivity contribution in [1.29, 1.82) is 0 Å². The Kier molecular flexibility index (Phi) is 4.45. The zero-order valence-electron chi connectivity index (χ0n) is 11.2. The van der Waals surface area contributed by atoms with Gasteiger partial charge in [-0.1, -0.05) is 6.07 Å². The Morgan fingerprint density at radius 1 is 1.33 bits per heavy atom. The van der Waals surface area contributed by atoms with Crippen molar-refractivity contribution in [1.82, 2.24) is 4.98 Å². The van der Waals surface area contributed by atoms with Crippen LogP contribution < -0.4 is 9.47 Å². The largest absolute Gasteiger partial charge is 0.481 e. The highest BCUT2D eigenvalue weighted by Crippen LogP contribution is 2.28. The summed E-state index contributed by atoms with van der Waals surface area (Å²) in [6.07, 6.45) is 0.598. The molecular weight excluding hydrogens is 276 g/mol. The van der Waals surface area contributed by atoms with Gasteiger partial charge in [-0.05, 0) is 18.2 Å². The van der Waals surface area contributed by atoms with Crippen molar-refractivity contribution >= 4 is 12.0 Å². The van der Waals surface area contributed by atoms with Gasteiger partial charge in [-0.3, -0.25) is 14.9 Å². The van der Waals surface area contributed by atoms with E-state index in [4.69, 9.17) is 9.47 Å². The van der Waals surface area contributed by atoms with Crippen molar-refractivity contribution in [3.05, 3.63) is 57.8 Å². The quantitative estimate of drug-likeness (QED) is 0.460. The van der Waals surface area contributed by atoms with Gasteiger partial charge in [0, 0.05) is 17.7 Å². The monoisotopic (exact) mass is 288 g/mol. The van der Waals surface area contributed by atoms with E-state index in [0.29, 0.717) is 23.4 Å². The van der Waals surface area contributed by atoms with Crippen molar-refractivity contribution in [2.24, 2.45) is 0 Å². The number of hydrogen-bond donors (Lipinski definition) is 0. The van der Waals surface area contributed by atoms with Crippen molar-refractivity contribution < 1.29 is 19.2 Å². The fourth-order valence-corrected chi connectivity index (χ4v) is 1.67. The van der Waals surface area contributed by atoms with Crippen LogP contribution in [0.4, 0.5) is 5.69 Å². The minimum absolute atomic E-state index is 0.0224. The van der Waals surface area contributed by atoms with E-state index in [2.05, 4.69) is 4.98 Å². The number of carbonyl (C=O) groups is 1. The maximum Gasteiger partial charge on any atom is 0.310 e. The molecule has 108 valence electrons. The van der Waals surface area contributed by atoms with Crippen LogP contribution in [0.15, 0.2) is 36.4 Å². The van der Waals surface area contributed by atoms with Crippen LogP contribution >= 0.6 is 0 Å². The zero-order chi connectivity index (χ0) is 15.2. The van der Waals surface area contributed by atoms with Gasteiger partial charge < -0.3 is 9.47 Å². The lowest BCUT2D eigenvalue weighted by atomic mass is 10.2. The molecule has 7 heteroatoms. The third-order valence-electron chi connectivity index (χ3n) is 2.68. The van der Waals surface area contributed by atoms with Crippen LogP contribution in [0, 0.1) is 10.1 Å². The molecule has 0 radical (unpaired) electrons. The maximum atomic E-state index is 10.9. The molecule has 0 atom stereocenters. The number of nitro groups is 1. The molecule has 21 heavy (non-hydrogen) atoms. The van der Waals surface area contributed by atoms with Crippen LogP contribution in [0.25, 0.3) is 0 Å². The van der Waals surface area contributed by atoms with Crippen molar-refractivity contribution in [3.8, 4) is 11.6 Å². The van der Waals surface area contributed by atoms with Gasteiger partial charge >= 0.3 is 5.69 Å². The first-order valence-corrected chi connectivity index (χ1v) is 6.00. The first-order valence-electron chi connectivity index (χ1n) is 6.00. The number of ether oxygens (including phenoxy) is 2. The van der Waals surface area contributed by atoms with Crippen LogP contribution in [-0.2, 0) is 6.61 Å². The second kappa shape index (κ2) is 6.47. The van der Waals surface area contributed by atoms with E-state index in [1.807, 2.05) is 0 Å². The molecule has 7 nitrogen and oxygen atoms in total. The zero-order valence-corrected chi connectivity index (χ0v) is 11.2. The summed E-state index contributed by atoms with van der Waals surface area (Å²) >= 11 is 0. The van der Waals surface area contributed by atoms with Gasteiger partial charge in [0.25, 0.3) is 0 Å². The number of aromatic nitrogens is 1. The second-order valence-electron chi connectivity index (χ2n) is 4.06. The van der Waals surface area contributed by atoms with Crippen molar-refractivity contribution in [2.75, 3.05) is 7.11 Å². The number of aldehydes is 1. The van der Waals surface area contributed by atoms with Gasteiger partial charge in [0.1, 0.15) is 12.9 Å². The van der Waals surface area contributed by atoms with E-state index in [1.54, 1.807) is 18.2 Å². The third-order valence-corrected chi connectivity index (χ3v) is 2.68. The van der Waals surface area contributed by atoms with E-state index in [9.17, 15) is 14.9 Å². The Labute approximate surface area is 120 Å². The van der Waals surface area contributed by atoms with E-state index < -0.39 is 4.92 Å². The molecule has 1 heterocycles. The summed E-state index contributed by atoms with van der Waals surface area (Å²) in [5.41, 5.74) is 0.651. The minimum Gasteiger partial charge on any atom is -0.481 e. The van der Waals surface area contributed by atoms with Crippen LogP contribution in [-0.4, -0.2) is 23.3 Å². The second-order valence-corrected chi connectivity index (χ2v) is 4.06. The van der Waals surface area contributed by atoms with E-state index in [-0.39, 0.29) is 18.0 Å². The first kappa shape index (κ1) is 14.4. The number of nitrogens with zero attached hydrogens (tertiary/aromatic N) is 2. The summed E-state index contributed by atoms with van der Waals surface area (Å²) in [4.78, 5) is 25.2. The number of carbonyl (C=O) groups excluding carboxylic acids is 1. The average Bonchev–Trinajstić information content (AvgIpc) is 2.52. The molecule has 0 spiro atoms. The van der Waals surface area contributed by atoms with Crippen molar-refractivity contribution in [3.63, 3.8) is 0 Å². The molecule has 0 saturated carbocycles. The van der Waals surface area contributed by atoms with Gasteiger partial charge in [-0.15, -0.1) is 0 Å². The van der Waals surface area contributed by atoms with Gasteiger partial charge in [-0.25, -0.2) is 4.98 Å². The molecular formula is C14H12N2O5. The fourth-order valence-electron chi connectivity index (χ4n) is 1.67. The number of pyridine rings is 1. The molecule has 0 saturated heterocycles. The highest BCUT2D eigenvalue weighted by Gasteiger charge is 2.16. The molecule has 0 aliphatic rings. The highest BCUT2D eigenvalue weighted by molar-refractivity contribution is 5.76. The Morgan fingerprint density at radius 2 is 2.14 bits per heavy atom. The SMILES string of the molecule is COc1cccc(COc2cc(C=O)ccc2[N+](=O)[O-])n1. The molecule has 1 aromatic carbocycles. The highest BCUT2D eigenvalue weighted by atomic mass is 16.6. The Morgan fingerprint density at radius 3 is 2.81 bits per heavy atom. The molecule has 2 aromatic rings. The van der Waals surface area contributed by atoms with Gasteiger partial charge in [-0.2, -0.15) is 0 Å². The van der Waals surface area contributed by atoms with E-state index in [0.717, 1.165) is 0 Å². The number of rotatable bonds is 6. The predicted molar refractivity (Wildman–Crippen MR) is 73.6 cm³/mol. The fraction of sp³-hybridized carbons (Fsp3) is 0.143. The maximum absolute atomic E-state index is 10.9. The van der Waals surface area contributed by atoms with Gasteiger partial charge in [0.2, 0.25) is 5.88 Å². The minimum atomic E-state index is -0.567. The molecule has 0 aliphatic heterocycles. The van der Waals surface area contributed by atoms with Crippen LogP contribution in [0.1, 0.15) is 16.1 Å². The Balaban J connectivity index is 2.21. The normalized spacial score (nSPS) is 9.95. The summed E-state index contributed by atoms with van der Waals surface area (Å²) < 4.78 is 10.4. The predicted octanol–water partition coefficient (Wildman–Crippen LogP) is 2.39. The van der Waals surface area contributed by atoms with Crippen LogP contribution in [0.2, 0.25) is 0 Å². The Hall–Kier alpha value is -2.96.